The van der Waals surface area contributed by atoms with Crippen molar-refractivity contribution >= 4 is 11.8 Å². The van der Waals surface area contributed by atoms with E-state index in [1.165, 1.54) is 31.7 Å². The van der Waals surface area contributed by atoms with Gasteiger partial charge in [-0.25, -0.2) is 8.78 Å². The molecule has 1 saturated carbocycles. The Labute approximate surface area is 104 Å². The number of benzene rings is 1. The highest BCUT2D eigenvalue weighted by atomic mass is 32.2. The van der Waals surface area contributed by atoms with Gasteiger partial charge < -0.3 is 5.11 Å². The summed E-state index contributed by atoms with van der Waals surface area (Å²) < 4.78 is 25.7. The number of thioether (sulfide) groups is 1. The number of rotatable bonds is 4. The minimum atomic E-state index is -0.896. The fourth-order valence-electron chi connectivity index (χ4n) is 2.10. The molecule has 2 rings (SSSR count). The van der Waals surface area contributed by atoms with Crippen molar-refractivity contribution in [2.24, 2.45) is 0 Å². The molecule has 1 aliphatic carbocycles. The molecule has 0 radical (unpaired) electrons. The Kier molecular flexibility index (Phi) is 4.40. The molecule has 4 heteroatoms. The van der Waals surface area contributed by atoms with Crippen LogP contribution in [-0.4, -0.2) is 16.1 Å². The van der Waals surface area contributed by atoms with E-state index in [-0.39, 0.29) is 0 Å². The summed E-state index contributed by atoms with van der Waals surface area (Å²) >= 11 is 1.73. The summed E-state index contributed by atoms with van der Waals surface area (Å²) in [6.07, 6.45) is 4.22. The van der Waals surface area contributed by atoms with Crippen molar-refractivity contribution in [1.29, 1.82) is 0 Å². The second kappa shape index (κ2) is 5.83. The van der Waals surface area contributed by atoms with Crippen molar-refractivity contribution in [1.82, 2.24) is 0 Å². The van der Waals surface area contributed by atoms with E-state index in [9.17, 15) is 13.9 Å². The van der Waals surface area contributed by atoms with E-state index >= 15 is 0 Å². The lowest BCUT2D eigenvalue weighted by molar-refractivity contribution is 0.203. The van der Waals surface area contributed by atoms with Gasteiger partial charge in [0.25, 0.3) is 0 Å². The van der Waals surface area contributed by atoms with Crippen LogP contribution in [0.4, 0.5) is 8.78 Å². The summed E-state index contributed by atoms with van der Waals surface area (Å²) in [7, 11) is 0. The average Bonchev–Trinajstić information content (AvgIpc) is 2.82. The molecule has 1 fully saturated rings. The van der Waals surface area contributed by atoms with Gasteiger partial charge in [0.1, 0.15) is 0 Å². The molecule has 1 N–H and O–H groups in total. The molecule has 0 aromatic heterocycles. The van der Waals surface area contributed by atoms with Crippen molar-refractivity contribution in [3.8, 4) is 0 Å². The maximum absolute atomic E-state index is 13.0. The van der Waals surface area contributed by atoms with E-state index in [0.717, 1.165) is 12.1 Å². The Balaban J connectivity index is 1.89. The molecule has 0 saturated heterocycles. The molecule has 17 heavy (non-hydrogen) atoms. The molecule has 94 valence electrons. The Morgan fingerprint density at radius 1 is 1.24 bits per heavy atom. The van der Waals surface area contributed by atoms with Crippen LogP contribution in [0.15, 0.2) is 18.2 Å². The van der Waals surface area contributed by atoms with Crippen LogP contribution in [0, 0.1) is 11.6 Å². The SMILES string of the molecule is OC(CSC1CCCC1)c1ccc(F)c(F)c1. The summed E-state index contributed by atoms with van der Waals surface area (Å²) in [4.78, 5) is 0. The van der Waals surface area contributed by atoms with E-state index in [1.54, 1.807) is 11.8 Å². The van der Waals surface area contributed by atoms with E-state index in [0.29, 0.717) is 16.6 Å². The Morgan fingerprint density at radius 2 is 1.94 bits per heavy atom. The highest BCUT2D eigenvalue weighted by Gasteiger charge is 2.18. The van der Waals surface area contributed by atoms with E-state index in [4.69, 9.17) is 0 Å². The molecule has 0 heterocycles. The Hall–Kier alpha value is -0.610. The minimum absolute atomic E-state index is 0.453. The molecule has 1 atom stereocenters. The van der Waals surface area contributed by atoms with Crippen LogP contribution in [0.1, 0.15) is 37.4 Å². The lowest BCUT2D eigenvalue weighted by Crippen LogP contribution is -2.05. The van der Waals surface area contributed by atoms with Crippen molar-refractivity contribution in [2.75, 3.05) is 5.75 Å². The molecule has 1 aromatic carbocycles. The van der Waals surface area contributed by atoms with Gasteiger partial charge in [0.05, 0.1) is 6.10 Å². The van der Waals surface area contributed by atoms with Gasteiger partial charge in [0.15, 0.2) is 11.6 Å². The standard InChI is InChI=1S/C13H16F2OS/c14-11-6-5-9(7-12(11)15)13(16)8-17-10-3-1-2-4-10/h5-7,10,13,16H,1-4,8H2. The zero-order chi connectivity index (χ0) is 12.3. The van der Waals surface area contributed by atoms with Gasteiger partial charge >= 0.3 is 0 Å². The Bertz CT molecular complexity index is 378. The smallest absolute Gasteiger partial charge is 0.159 e. The molecule has 1 unspecified atom stereocenters. The first-order valence-electron chi connectivity index (χ1n) is 5.91. The quantitative estimate of drug-likeness (QED) is 0.889. The fraction of sp³-hybridized carbons (Fsp3) is 0.538. The molecule has 1 aliphatic rings. The van der Waals surface area contributed by atoms with Crippen LogP contribution in [0.2, 0.25) is 0 Å². The molecule has 1 nitrogen and oxygen atoms in total. The monoisotopic (exact) mass is 258 g/mol. The number of hydrogen-bond donors (Lipinski definition) is 1. The maximum Gasteiger partial charge on any atom is 0.159 e. The third-order valence-electron chi connectivity index (χ3n) is 3.12. The van der Waals surface area contributed by atoms with Crippen LogP contribution >= 0.6 is 11.8 Å². The topological polar surface area (TPSA) is 20.2 Å². The molecular weight excluding hydrogens is 242 g/mol. The highest BCUT2D eigenvalue weighted by molar-refractivity contribution is 7.99. The first-order chi connectivity index (χ1) is 8.16. The maximum atomic E-state index is 13.0. The first-order valence-corrected chi connectivity index (χ1v) is 6.96. The van der Waals surface area contributed by atoms with Crippen LogP contribution < -0.4 is 0 Å². The van der Waals surface area contributed by atoms with Gasteiger partial charge in [0, 0.05) is 11.0 Å². The van der Waals surface area contributed by atoms with Gasteiger partial charge in [-0.2, -0.15) is 11.8 Å². The van der Waals surface area contributed by atoms with Crippen LogP contribution in [0.5, 0.6) is 0 Å². The zero-order valence-electron chi connectivity index (χ0n) is 9.53. The third-order valence-corrected chi connectivity index (χ3v) is 4.57. The lowest BCUT2D eigenvalue weighted by atomic mass is 10.1. The molecule has 0 spiro atoms. The van der Waals surface area contributed by atoms with Gasteiger partial charge in [-0.15, -0.1) is 0 Å². The van der Waals surface area contributed by atoms with Gasteiger partial charge in [-0.1, -0.05) is 18.9 Å². The van der Waals surface area contributed by atoms with E-state index in [2.05, 4.69) is 0 Å². The normalized spacial score (nSPS) is 18.5. The zero-order valence-corrected chi connectivity index (χ0v) is 10.4. The van der Waals surface area contributed by atoms with E-state index in [1.807, 2.05) is 0 Å². The van der Waals surface area contributed by atoms with Gasteiger partial charge in [-0.05, 0) is 30.5 Å². The van der Waals surface area contributed by atoms with Gasteiger partial charge in [-0.3, -0.25) is 0 Å². The first kappa shape index (κ1) is 12.8. The summed E-state index contributed by atoms with van der Waals surface area (Å²) in [5.41, 5.74) is 0.453. The fourth-order valence-corrected chi connectivity index (χ4v) is 3.41. The average molecular weight is 258 g/mol. The molecule has 0 bridgehead atoms. The third kappa shape index (κ3) is 3.42. The van der Waals surface area contributed by atoms with Crippen molar-refractivity contribution in [2.45, 2.75) is 37.0 Å². The van der Waals surface area contributed by atoms with Crippen molar-refractivity contribution in [3.63, 3.8) is 0 Å². The second-order valence-electron chi connectivity index (χ2n) is 4.43. The number of halogens is 2. The molecule has 0 aliphatic heterocycles. The van der Waals surface area contributed by atoms with Crippen LogP contribution in [0.25, 0.3) is 0 Å². The highest BCUT2D eigenvalue weighted by Crippen LogP contribution is 2.32. The number of hydrogen-bond acceptors (Lipinski definition) is 2. The molecule has 1 aromatic rings. The number of aliphatic hydroxyl groups is 1. The van der Waals surface area contributed by atoms with Crippen LogP contribution in [-0.2, 0) is 0 Å². The van der Waals surface area contributed by atoms with Gasteiger partial charge in [0.2, 0.25) is 0 Å². The lowest BCUT2D eigenvalue weighted by Gasteiger charge is -2.14. The molecular formula is C13H16F2OS. The van der Waals surface area contributed by atoms with Crippen molar-refractivity contribution in [3.05, 3.63) is 35.4 Å². The minimum Gasteiger partial charge on any atom is -0.388 e. The number of aliphatic hydroxyl groups excluding tert-OH is 1. The largest absolute Gasteiger partial charge is 0.388 e. The summed E-state index contributed by atoms with van der Waals surface area (Å²) in [6.45, 7) is 0. The van der Waals surface area contributed by atoms with Crippen LogP contribution in [0.3, 0.4) is 0 Å². The summed E-state index contributed by atoms with van der Waals surface area (Å²) in [5, 5.41) is 10.5. The Morgan fingerprint density at radius 3 is 2.59 bits per heavy atom. The van der Waals surface area contributed by atoms with Crippen molar-refractivity contribution < 1.29 is 13.9 Å². The van der Waals surface area contributed by atoms with E-state index < -0.39 is 17.7 Å². The predicted molar refractivity (Wildman–Crippen MR) is 66.0 cm³/mol. The molecule has 0 amide bonds. The summed E-state index contributed by atoms with van der Waals surface area (Å²) in [5.74, 6) is -1.22. The summed E-state index contributed by atoms with van der Waals surface area (Å²) in [6, 6.07) is 3.58. The second-order valence-corrected chi connectivity index (χ2v) is 5.76. The predicted octanol–water partition coefficient (Wildman–Crippen LogP) is 3.67.